The average molecular weight is 519 g/mol. The molecule has 1 saturated carbocycles. The normalized spacial score (nSPS) is 14.9. The highest BCUT2D eigenvalue weighted by molar-refractivity contribution is 6.32. The summed E-state index contributed by atoms with van der Waals surface area (Å²) in [6.07, 6.45) is -2.88. The highest BCUT2D eigenvalue weighted by atomic mass is 35.5. The summed E-state index contributed by atoms with van der Waals surface area (Å²) >= 11 is 5.92. The zero-order valence-corrected chi connectivity index (χ0v) is 19.2. The molecule has 0 radical (unpaired) electrons. The van der Waals surface area contributed by atoms with Gasteiger partial charge in [0.05, 0.1) is 23.0 Å². The number of nitriles is 1. The van der Waals surface area contributed by atoms with Crippen LogP contribution in [0, 0.1) is 11.3 Å². The molecule has 13 heteroatoms. The summed E-state index contributed by atoms with van der Waals surface area (Å²) < 4.78 is 41.4. The average Bonchev–Trinajstić information content (AvgIpc) is 3.42. The third-order valence-electron chi connectivity index (χ3n) is 5.32. The number of carbonyl (C=O) groups is 2. The van der Waals surface area contributed by atoms with Crippen LogP contribution in [-0.4, -0.2) is 44.8 Å². The van der Waals surface area contributed by atoms with E-state index in [1.165, 1.54) is 23.1 Å². The zero-order valence-electron chi connectivity index (χ0n) is 18.4. The van der Waals surface area contributed by atoms with Gasteiger partial charge in [-0.05, 0) is 42.7 Å². The van der Waals surface area contributed by atoms with Gasteiger partial charge in [-0.3, -0.25) is 9.59 Å². The summed E-state index contributed by atoms with van der Waals surface area (Å²) in [6, 6.07) is 13.2. The number of benzene rings is 2. The largest absolute Gasteiger partial charge is 0.573 e. The summed E-state index contributed by atoms with van der Waals surface area (Å²) in [6.45, 7) is 0. The second-order valence-corrected chi connectivity index (χ2v) is 8.49. The predicted octanol–water partition coefficient (Wildman–Crippen LogP) is 3.33. The third-order valence-corrected chi connectivity index (χ3v) is 5.62. The number of nitrogens with one attached hydrogen (secondary N) is 2. The van der Waals surface area contributed by atoms with Gasteiger partial charge >= 0.3 is 6.36 Å². The minimum Gasteiger partial charge on any atom is -0.404 e. The van der Waals surface area contributed by atoms with Gasteiger partial charge in [0.1, 0.15) is 17.3 Å². The van der Waals surface area contributed by atoms with Crippen LogP contribution in [0.5, 0.6) is 5.75 Å². The molecule has 1 unspecified atom stereocenters. The Balaban J connectivity index is 1.53. The lowest BCUT2D eigenvalue weighted by Gasteiger charge is -2.20. The second kappa shape index (κ2) is 9.87. The molecule has 0 bridgehead atoms. The number of halogens is 4. The number of ether oxygens (including phenoxy) is 1. The van der Waals surface area contributed by atoms with Crippen LogP contribution in [0.4, 0.5) is 13.2 Å². The Morgan fingerprint density at radius 1 is 1.22 bits per heavy atom. The van der Waals surface area contributed by atoms with Crippen LogP contribution in [0.2, 0.25) is 5.02 Å². The van der Waals surface area contributed by atoms with Gasteiger partial charge < -0.3 is 15.4 Å². The Labute approximate surface area is 207 Å². The molecule has 36 heavy (non-hydrogen) atoms. The van der Waals surface area contributed by atoms with Crippen molar-refractivity contribution in [2.24, 2.45) is 0 Å². The molecule has 2 aromatic carbocycles. The van der Waals surface area contributed by atoms with Crippen LogP contribution in [0.1, 0.15) is 28.9 Å². The van der Waals surface area contributed by atoms with Gasteiger partial charge in [-0.1, -0.05) is 35.9 Å². The van der Waals surface area contributed by atoms with Crippen molar-refractivity contribution in [1.82, 2.24) is 25.6 Å². The van der Waals surface area contributed by atoms with Crippen molar-refractivity contribution in [2.45, 2.75) is 37.2 Å². The molecule has 1 aliphatic carbocycles. The maximum Gasteiger partial charge on any atom is 0.573 e. The van der Waals surface area contributed by atoms with E-state index in [0.717, 1.165) is 6.07 Å². The molecule has 4 rings (SSSR count). The van der Waals surface area contributed by atoms with Gasteiger partial charge in [0.15, 0.2) is 5.69 Å². The molecule has 9 nitrogen and oxygen atoms in total. The van der Waals surface area contributed by atoms with Gasteiger partial charge in [0, 0.05) is 6.42 Å². The highest BCUT2D eigenvalue weighted by Crippen LogP contribution is 2.34. The fourth-order valence-corrected chi connectivity index (χ4v) is 3.56. The Bertz CT molecular complexity index is 1320. The molecule has 186 valence electrons. The number of hydrogen-bond acceptors (Lipinski definition) is 6. The molecule has 1 heterocycles. The summed E-state index contributed by atoms with van der Waals surface area (Å²) in [7, 11) is 0. The third kappa shape index (κ3) is 6.11. The van der Waals surface area contributed by atoms with E-state index in [1.54, 1.807) is 24.3 Å². The fourth-order valence-electron chi connectivity index (χ4n) is 3.32. The first-order chi connectivity index (χ1) is 17.1. The van der Waals surface area contributed by atoms with Crippen molar-refractivity contribution in [3.63, 3.8) is 0 Å². The monoisotopic (exact) mass is 518 g/mol. The first kappa shape index (κ1) is 25.0. The molecular weight excluding hydrogens is 501 g/mol. The van der Waals surface area contributed by atoms with Crippen LogP contribution in [0.3, 0.4) is 0 Å². The molecule has 0 saturated heterocycles. The minimum absolute atomic E-state index is 0.0648. The molecule has 0 aliphatic heterocycles. The summed E-state index contributed by atoms with van der Waals surface area (Å²) in [5.41, 5.74) is -0.0976. The Hall–Kier alpha value is -4.11. The number of amides is 2. The van der Waals surface area contributed by atoms with Gasteiger partial charge in [0.2, 0.25) is 5.91 Å². The number of aromatic nitrogens is 3. The van der Waals surface area contributed by atoms with E-state index in [4.69, 9.17) is 11.6 Å². The lowest BCUT2D eigenvalue weighted by molar-refractivity contribution is -0.274. The molecule has 2 N–H and O–H groups in total. The van der Waals surface area contributed by atoms with E-state index in [0.29, 0.717) is 24.1 Å². The molecule has 1 atom stereocenters. The smallest absolute Gasteiger partial charge is 0.404 e. The molecule has 1 aromatic heterocycles. The van der Waals surface area contributed by atoms with E-state index in [9.17, 15) is 28.0 Å². The molecule has 1 fully saturated rings. The zero-order chi connectivity index (χ0) is 25.9. The topological polar surface area (TPSA) is 122 Å². The lowest BCUT2D eigenvalue weighted by atomic mass is 10.0. The van der Waals surface area contributed by atoms with Gasteiger partial charge in [0.25, 0.3) is 5.91 Å². The van der Waals surface area contributed by atoms with Crippen molar-refractivity contribution in [1.29, 1.82) is 5.26 Å². The number of carbonyl (C=O) groups excluding carboxylic acids is 2. The Kier molecular flexibility index (Phi) is 6.85. The van der Waals surface area contributed by atoms with Gasteiger partial charge in [-0.15, -0.1) is 18.3 Å². The van der Waals surface area contributed by atoms with Crippen molar-refractivity contribution >= 4 is 23.4 Å². The van der Waals surface area contributed by atoms with Crippen LogP contribution >= 0.6 is 11.6 Å². The predicted molar refractivity (Wildman–Crippen MR) is 120 cm³/mol. The van der Waals surface area contributed by atoms with Gasteiger partial charge in [-0.2, -0.15) is 15.2 Å². The molecule has 1 aliphatic rings. The Morgan fingerprint density at radius 2 is 1.94 bits per heavy atom. The summed E-state index contributed by atoms with van der Waals surface area (Å²) in [4.78, 5) is 27.1. The molecule has 2 amide bonds. The summed E-state index contributed by atoms with van der Waals surface area (Å²) in [5, 5.41) is 22.4. The van der Waals surface area contributed by atoms with Crippen LogP contribution in [-0.2, 0) is 11.2 Å². The Morgan fingerprint density at radius 3 is 2.56 bits per heavy atom. The van der Waals surface area contributed by atoms with Crippen LogP contribution in [0.25, 0.3) is 5.69 Å². The fraction of sp³-hybridized carbons (Fsp3) is 0.261. The molecule has 3 aromatic rings. The van der Waals surface area contributed by atoms with E-state index in [-0.39, 0.29) is 17.1 Å². The quantitative estimate of drug-likeness (QED) is 0.472. The maximum atomic E-state index is 13.0. The lowest BCUT2D eigenvalue weighted by Crippen LogP contribution is -2.51. The van der Waals surface area contributed by atoms with Crippen molar-refractivity contribution in [3.8, 4) is 17.5 Å². The number of hydrogen-bond donors (Lipinski definition) is 2. The van der Waals surface area contributed by atoms with Crippen molar-refractivity contribution in [3.05, 3.63) is 71.0 Å². The second-order valence-electron chi connectivity index (χ2n) is 8.08. The molecule has 0 spiro atoms. The van der Waals surface area contributed by atoms with E-state index >= 15 is 0 Å². The maximum absolute atomic E-state index is 13.0. The first-order valence-electron chi connectivity index (χ1n) is 10.6. The highest BCUT2D eigenvalue weighted by Gasteiger charge is 2.45. The first-order valence-corrected chi connectivity index (χ1v) is 11.0. The van der Waals surface area contributed by atoms with E-state index < -0.39 is 35.5 Å². The van der Waals surface area contributed by atoms with Crippen molar-refractivity contribution in [2.75, 3.05) is 0 Å². The number of rotatable bonds is 8. The standard InChI is InChI=1S/C23H18ClF3N6O3/c24-16-10-14(6-7-19(16)36-23(25,26)27)11-17(21(35)31-22(13-28)8-9-22)30-20(34)18-12-29-33(32-18)15-4-2-1-3-5-15/h1-7,10,12,17H,8-9,11H2,(H,30,34)(H,31,35). The van der Waals surface area contributed by atoms with Gasteiger partial charge in [-0.25, -0.2) is 0 Å². The number of para-hydroxylation sites is 1. The SMILES string of the molecule is N#CC1(NC(=O)C(Cc2ccc(OC(F)(F)F)c(Cl)c2)NC(=O)c2cnn(-c3ccccc3)n2)CC1. The minimum atomic E-state index is -4.92. The van der Waals surface area contributed by atoms with E-state index in [1.807, 2.05) is 12.1 Å². The number of alkyl halides is 3. The number of nitrogens with zero attached hydrogens (tertiary/aromatic N) is 4. The van der Waals surface area contributed by atoms with Crippen LogP contribution < -0.4 is 15.4 Å². The van der Waals surface area contributed by atoms with Crippen LogP contribution in [0.15, 0.2) is 54.7 Å². The summed E-state index contributed by atoms with van der Waals surface area (Å²) in [5.74, 6) is -1.94. The van der Waals surface area contributed by atoms with Crippen molar-refractivity contribution < 1.29 is 27.5 Å². The van der Waals surface area contributed by atoms with E-state index in [2.05, 4.69) is 25.6 Å². The molecular formula is C23H18ClF3N6O3.